The first-order valence-corrected chi connectivity index (χ1v) is 5.80. The summed E-state index contributed by atoms with van der Waals surface area (Å²) in [5.74, 6) is 1.06. The van der Waals surface area contributed by atoms with Crippen LogP contribution in [-0.4, -0.2) is 0 Å². The lowest BCUT2D eigenvalue weighted by molar-refractivity contribution is 0.598. The normalized spacial score (nSPS) is 24.0. The van der Waals surface area contributed by atoms with Crippen molar-refractivity contribution < 1.29 is 0 Å². The molecule has 0 N–H and O–H groups in total. The molecule has 0 spiro atoms. The zero-order valence-electron chi connectivity index (χ0n) is 9.98. The molecule has 0 amide bonds. The molecule has 1 aromatic carbocycles. The molecule has 1 aliphatic carbocycles. The quantitative estimate of drug-likeness (QED) is 0.671. The Bertz CT molecular complexity index is 449. The van der Waals surface area contributed by atoms with Gasteiger partial charge in [0.2, 0.25) is 0 Å². The van der Waals surface area contributed by atoms with Crippen LogP contribution in [0.25, 0.3) is 6.08 Å². The van der Waals surface area contributed by atoms with Gasteiger partial charge in [-0.3, -0.25) is 0 Å². The standard InChI is InChI=1S/C16H18/c1-4-14-9-5-6-10-16(14)15-11-7-8-12(2)13(15)3/h4-11,13,15H,1H2,2-3H3. The molecule has 0 bridgehead atoms. The fourth-order valence-corrected chi connectivity index (χ4v) is 2.30. The zero-order valence-corrected chi connectivity index (χ0v) is 9.98. The van der Waals surface area contributed by atoms with Gasteiger partial charge >= 0.3 is 0 Å². The van der Waals surface area contributed by atoms with E-state index >= 15 is 0 Å². The van der Waals surface area contributed by atoms with Gasteiger partial charge in [-0.25, -0.2) is 0 Å². The van der Waals surface area contributed by atoms with Crippen molar-refractivity contribution in [3.8, 4) is 0 Å². The van der Waals surface area contributed by atoms with Crippen molar-refractivity contribution in [3.63, 3.8) is 0 Å². The van der Waals surface area contributed by atoms with E-state index in [1.807, 2.05) is 6.08 Å². The van der Waals surface area contributed by atoms with E-state index in [4.69, 9.17) is 0 Å². The highest BCUT2D eigenvalue weighted by atomic mass is 14.2. The van der Waals surface area contributed by atoms with Crippen LogP contribution < -0.4 is 0 Å². The van der Waals surface area contributed by atoms with Gasteiger partial charge in [0.25, 0.3) is 0 Å². The van der Waals surface area contributed by atoms with Crippen LogP contribution in [-0.2, 0) is 0 Å². The maximum Gasteiger partial charge on any atom is 0.00898 e. The van der Waals surface area contributed by atoms with Crippen molar-refractivity contribution in [1.29, 1.82) is 0 Å². The minimum absolute atomic E-state index is 0.485. The molecule has 2 rings (SSSR count). The van der Waals surface area contributed by atoms with Gasteiger partial charge < -0.3 is 0 Å². The monoisotopic (exact) mass is 210 g/mol. The Morgan fingerprint density at radius 3 is 2.75 bits per heavy atom. The molecule has 82 valence electrons. The first kappa shape index (κ1) is 10.9. The molecular formula is C16H18. The molecule has 0 heteroatoms. The molecule has 0 fully saturated rings. The van der Waals surface area contributed by atoms with Crippen molar-refractivity contribution in [2.75, 3.05) is 0 Å². The van der Waals surface area contributed by atoms with Crippen LogP contribution in [0.5, 0.6) is 0 Å². The van der Waals surface area contributed by atoms with E-state index in [1.165, 1.54) is 16.7 Å². The van der Waals surface area contributed by atoms with E-state index in [0.717, 1.165) is 0 Å². The fourth-order valence-electron chi connectivity index (χ4n) is 2.30. The zero-order chi connectivity index (χ0) is 11.5. The maximum absolute atomic E-state index is 3.89. The third-order valence-corrected chi connectivity index (χ3v) is 3.51. The maximum atomic E-state index is 3.89. The predicted octanol–water partition coefficient (Wildman–Crippen LogP) is 4.57. The van der Waals surface area contributed by atoms with Gasteiger partial charge in [0.15, 0.2) is 0 Å². The van der Waals surface area contributed by atoms with Gasteiger partial charge in [0, 0.05) is 5.92 Å². The summed E-state index contributed by atoms with van der Waals surface area (Å²) >= 11 is 0. The van der Waals surface area contributed by atoms with E-state index < -0.39 is 0 Å². The number of rotatable bonds is 2. The number of hydrogen-bond acceptors (Lipinski definition) is 0. The van der Waals surface area contributed by atoms with Crippen molar-refractivity contribution in [3.05, 3.63) is 65.8 Å². The molecule has 1 aromatic rings. The molecular weight excluding hydrogens is 192 g/mol. The van der Waals surface area contributed by atoms with Gasteiger partial charge in [-0.05, 0) is 24.0 Å². The van der Waals surface area contributed by atoms with E-state index in [0.29, 0.717) is 11.8 Å². The summed E-state index contributed by atoms with van der Waals surface area (Å²) in [6.45, 7) is 8.39. The minimum Gasteiger partial charge on any atom is -0.0985 e. The highest BCUT2D eigenvalue weighted by molar-refractivity contribution is 5.54. The Balaban J connectivity index is 2.42. The summed E-state index contributed by atoms with van der Waals surface area (Å²) < 4.78 is 0. The molecule has 1 aliphatic rings. The van der Waals surface area contributed by atoms with Crippen LogP contribution in [0.1, 0.15) is 30.9 Å². The van der Waals surface area contributed by atoms with Crippen LogP contribution in [0.2, 0.25) is 0 Å². The minimum atomic E-state index is 0.485. The van der Waals surface area contributed by atoms with Crippen molar-refractivity contribution in [2.45, 2.75) is 19.8 Å². The van der Waals surface area contributed by atoms with Crippen molar-refractivity contribution in [2.24, 2.45) is 5.92 Å². The van der Waals surface area contributed by atoms with Gasteiger partial charge in [-0.15, -0.1) is 0 Å². The Kier molecular flexibility index (Phi) is 3.09. The Labute approximate surface area is 98.0 Å². The van der Waals surface area contributed by atoms with Crippen LogP contribution in [0, 0.1) is 5.92 Å². The summed E-state index contributed by atoms with van der Waals surface area (Å²) in [6, 6.07) is 8.52. The van der Waals surface area contributed by atoms with Crippen LogP contribution in [0.4, 0.5) is 0 Å². The third kappa shape index (κ3) is 1.88. The summed E-state index contributed by atoms with van der Waals surface area (Å²) in [7, 11) is 0. The van der Waals surface area contributed by atoms with E-state index in [2.05, 4.69) is 62.9 Å². The molecule has 2 atom stereocenters. The predicted molar refractivity (Wildman–Crippen MR) is 71.3 cm³/mol. The van der Waals surface area contributed by atoms with Gasteiger partial charge in [-0.1, -0.05) is 67.6 Å². The summed E-state index contributed by atoms with van der Waals surface area (Å²) in [5, 5.41) is 0. The van der Waals surface area contributed by atoms with Gasteiger partial charge in [-0.2, -0.15) is 0 Å². The summed E-state index contributed by atoms with van der Waals surface area (Å²) in [5.41, 5.74) is 4.08. The fraction of sp³-hybridized carbons (Fsp3) is 0.250. The number of benzene rings is 1. The van der Waals surface area contributed by atoms with Crippen LogP contribution in [0.3, 0.4) is 0 Å². The third-order valence-electron chi connectivity index (χ3n) is 3.51. The average Bonchev–Trinajstić information content (AvgIpc) is 2.33. The lowest BCUT2D eigenvalue weighted by atomic mass is 9.78. The van der Waals surface area contributed by atoms with E-state index in [-0.39, 0.29) is 0 Å². The SMILES string of the molecule is C=Cc1ccccc1C1C=CC=C(C)C1C. The van der Waals surface area contributed by atoms with Crippen molar-refractivity contribution in [1.82, 2.24) is 0 Å². The van der Waals surface area contributed by atoms with Gasteiger partial charge in [0.1, 0.15) is 0 Å². The average molecular weight is 210 g/mol. The van der Waals surface area contributed by atoms with Crippen LogP contribution >= 0.6 is 0 Å². The molecule has 0 nitrogen and oxygen atoms in total. The van der Waals surface area contributed by atoms with Crippen molar-refractivity contribution >= 4 is 6.08 Å². The first-order valence-electron chi connectivity index (χ1n) is 5.80. The number of allylic oxidation sites excluding steroid dienone is 4. The molecule has 2 unspecified atom stereocenters. The molecule has 0 radical (unpaired) electrons. The molecule has 0 aromatic heterocycles. The largest absolute Gasteiger partial charge is 0.0985 e. The lowest BCUT2D eigenvalue weighted by Crippen LogP contribution is -2.12. The molecule has 16 heavy (non-hydrogen) atoms. The Morgan fingerprint density at radius 2 is 2.00 bits per heavy atom. The summed E-state index contributed by atoms with van der Waals surface area (Å²) in [6.07, 6.45) is 8.61. The molecule has 0 saturated heterocycles. The second-order valence-corrected chi connectivity index (χ2v) is 4.44. The topological polar surface area (TPSA) is 0 Å². The highest BCUT2D eigenvalue weighted by Gasteiger charge is 2.21. The highest BCUT2D eigenvalue weighted by Crippen LogP contribution is 2.35. The van der Waals surface area contributed by atoms with E-state index in [9.17, 15) is 0 Å². The first-order chi connectivity index (χ1) is 7.74. The molecule has 0 aliphatic heterocycles. The lowest BCUT2D eigenvalue weighted by Gasteiger charge is -2.26. The smallest absolute Gasteiger partial charge is 0.00898 e. The van der Waals surface area contributed by atoms with Gasteiger partial charge in [0.05, 0.1) is 0 Å². The van der Waals surface area contributed by atoms with E-state index in [1.54, 1.807) is 0 Å². The second kappa shape index (κ2) is 4.52. The second-order valence-electron chi connectivity index (χ2n) is 4.44. The summed E-state index contributed by atoms with van der Waals surface area (Å²) in [4.78, 5) is 0. The molecule has 0 heterocycles. The Morgan fingerprint density at radius 1 is 1.25 bits per heavy atom. The molecule has 0 saturated carbocycles. The Hall–Kier alpha value is -1.56. The number of hydrogen-bond donors (Lipinski definition) is 0. The van der Waals surface area contributed by atoms with Crippen LogP contribution in [0.15, 0.2) is 54.6 Å².